The molecule has 2 saturated carbocycles. The van der Waals surface area contributed by atoms with E-state index >= 15 is 4.39 Å². The average Bonchev–Trinajstić information content (AvgIpc) is 3.85. The van der Waals surface area contributed by atoms with E-state index in [1.165, 1.54) is 16.9 Å². The minimum atomic E-state index is -4.69. The second-order valence-electron chi connectivity index (χ2n) is 10.7. The lowest BCUT2D eigenvalue weighted by Crippen LogP contribution is -2.46. The maximum absolute atomic E-state index is 15.2. The van der Waals surface area contributed by atoms with Crippen molar-refractivity contribution in [1.82, 2.24) is 25.7 Å². The molecule has 0 aliphatic heterocycles. The highest BCUT2D eigenvalue weighted by atomic mass is 19.4. The molecule has 10 nitrogen and oxygen atoms in total. The van der Waals surface area contributed by atoms with Crippen molar-refractivity contribution >= 4 is 29.3 Å². The summed E-state index contributed by atoms with van der Waals surface area (Å²) in [5.74, 6) is -3.96. The summed E-state index contributed by atoms with van der Waals surface area (Å²) in [5.41, 5.74) is 1.76. The van der Waals surface area contributed by atoms with Gasteiger partial charge >= 0.3 is 6.18 Å². The third kappa shape index (κ3) is 7.74. The second-order valence-corrected chi connectivity index (χ2v) is 10.7. The van der Waals surface area contributed by atoms with Gasteiger partial charge in [-0.05, 0) is 74.8 Å². The molecular weight excluding hydrogens is 560 g/mol. The van der Waals surface area contributed by atoms with Gasteiger partial charge in [0.15, 0.2) is 0 Å². The standard InChI is InChI=1S/C28H32F4N6O4/c1-14(2)38-21(10-11-34-38)25(40)37-24(22(16-4-5-16)17-6-7-17)27(42)36-20-9-8-18(12-19(20)29)23(35-15(3)39)26(41)33-13-28(30,31)32/h8-12,14,16,23-24H,4-7,13H2,1-3H3,(H,33,41)(H,35,39)(H,36,42)(H,37,40)/t23?,24-/m0/s1. The molecular formula is C28H32F4N6O4. The topological polar surface area (TPSA) is 134 Å². The Bertz CT molecular complexity index is 1410. The molecule has 4 rings (SSSR count). The van der Waals surface area contributed by atoms with E-state index < -0.39 is 54.3 Å². The SMILES string of the molecule is CC(=O)NC(C(=O)NCC(F)(F)F)c1ccc(NC(=O)[C@@H](NC(=O)c2ccnn2C(C)C)C(=C2CC2)C2CC2)c(F)c1. The van der Waals surface area contributed by atoms with Gasteiger partial charge in [0.25, 0.3) is 11.8 Å². The van der Waals surface area contributed by atoms with Gasteiger partial charge in [0, 0.05) is 19.2 Å². The summed E-state index contributed by atoms with van der Waals surface area (Å²) in [5, 5.41) is 13.4. The Kier molecular flexibility index (Phi) is 9.02. The molecule has 1 aromatic heterocycles. The number of rotatable bonds is 11. The number of hydrogen-bond donors (Lipinski definition) is 4. The molecule has 2 atom stereocenters. The van der Waals surface area contributed by atoms with Crippen molar-refractivity contribution in [1.29, 1.82) is 0 Å². The number of carbonyl (C=O) groups is 4. The maximum Gasteiger partial charge on any atom is 0.405 e. The quantitative estimate of drug-likeness (QED) is 0.233. The molecule has 4 N–H and O–H groups in total. The molecule has 4 amide bonds. The molecule has 226 valence electrons. The van der Waals surface area contributed by atoms with E-state index in [0.717, 1.165) is 55.9 Å². The minimum absolute atomic E-state index is 0.109. The number of hydrogen-bond acceptors (Lipinski definition) is 5. The van der Waals surface area contributed by atoms with Crippen LogP contribution in [0.1, 0.15) is 74.6 Å². The third-order valence-electron chi connectivity index (χ3n) is 6.82. The van der Waals surface area contributed by atoms with Crippen LogP contribution in [0.15, 0.2) is 41.6 Å². The number of nitrogens with one attached hydrogen (secondary N) is 4. The molecule has 0 spiro atoms. The zero-order chi connectivity index (χ0) is 30.8. The van der Waals surface area contributed by atoms with Crippen molar-refractivity contribution in [3.8, 4) is 0 Å². The van der Waals surface area contributed by atoms with Crippen LogP contribution in [0.5, 0.6) is 0 Å². The summed E-state index contributed by atoms with van der Waals surface area (Å²) in [4.78, 5) is 50.8. The molecule has 2 aliphatic rings. The number of benzene rings is 1. The highest BCUT2D eigenvalue weighted by Crippen LogP contribution is 2.46. The average molecular weight is 593 g/mol. The van der Waals surface area contributed by atoms with E-state index in [4.69, 9.17) is 0 Å². The Morgan fingerprint density at radius 3 is 2.29 bits per heavy atom. The van der Waals surface area contributed by atoms with Gasteiger partial charge in [0.05, 0.1) is 5.69 Å². The molecule has 0 saturated heterocycles. The van der Waals surface area contributed by atoms with Crippen LogP contribution in [0, 0.1) is 11.7 Å². The zero-order valence-corrected chi connectivity index (χ0v) is 23.3. The van der Waals surface area contributed by atoms with Crippen LogP contribution in [-0.2, 0) is 14.4 Å². The molecule has 2 fully saturated rings. The Morgan fingerprint density at radius 1 is 1.05 bits per heavy atom. The van der Waals surface area contributed by atoms with E-state index in [-0.39, 0.29) is 28.9 Å². The van der Waals surface area contributed by atoms with Gasteiger partial charge in [-0.15, -0.1) is 0 Å². The lowest BCUT2D eigenvalue weighted by molar-refractivity contribution is -0.140. The van der Waals surface area contributed by atoms with Gasteiger partial charge in [0.1, 0.15) is 30.1 Å². The van der Waals surface area contributed by atoms with Gasteiger partial charge in [-0.1, -0.05) is 11.6 Å². The van der Waals surface area contributed by atoms with Crippen molar-refractivity contribution in [2.75, 3.05) is 11.9 Å². The van der Waals surface area contributed by atoms with E-state index in [2.05, 4.69) is 21.0 Å². The van der Waals surface area contributed by atoms with Crippen LogP contribution in [0.3, 0.4) is 0 Å². The first-order chi connectivity index (χ1) is 19.7. The van der Waals surface area contributed by atoms with Crippen molar-refractivity contribution in [2.24, 2.45) is 5.92 Å². The highest BCUT2D eigenvalue weighted by Gasteiger charge is 2.40. The second kappa shape index (κ2) is 12.3. The van der Waals surface area contributed by atoms with Gasteiger partial charge < -0.3 is 21.3 Å². The Hall–Kier alpha value is -4.23. The highest BCUT2D eigenvalue weighted by molar-refractivity contribution is 6.02. The van der Waals surface area contributed by atoms with E-state index in [1.54, 1.807) is 11.4 Å². The van der Waals surface area contributed by atoms with Crippen LogP contribution in [0.4, 0.5) is 23.2 Å². The predicted octanol–water partition coefficient (Wildman–Crippen LogP) is 3.70. The number of aromatic nitrogens is 2. The van der Waals surface area contributed by atoms with Gasteiger partial charge in [-0.25, -0.2) is 4.39 Å². The Balaban J connectivity index is 1.56. The molecule has 2 aromatic rings. The fourth-order valence-electron chi connectivity index (χ4n) is 4.68. The summed E-state index contributed by atoms with van der Waals surface area (Å²) in [6.45, 7) is 3.14. The van der Waals surface area contributed by atoms with Crippen LogP contribution in [0.25, 0.3) is 0 Å². The van der Waals surface area contributed by atoms with Gasteiger partial charge in [0.2, 0.25) is 11.8 Å². The van der Waals surface area contributed by atoms with Crippen molar-refractivity contribution in [2.45, 2.75) is 70.8 Å². The van der Waals surface area contributed by atoms with Crippen molar-refractivity contribution in [3.05, 3.63) is 58.7 Å². The normalized spacial score (nSPS) is 16.0. The van der Waals surface area contributed by atoms with Crippen LogP contribution < -0.4 is 21.3 Å². The van der Waals surface area contributed by atoms with Crippen LogP contribution >= 0.6 is 0 Å². The maximum atomic E-state index is 15.2. The summed E-state index contributed by atoms with van der Waals surface area (Å²) in [6, 6.07) is 1.95. The van der Waals surface area contributed by atoms with E-state index in [1.807, 2.05) is 13.8 Å². The number of halogens is 4. The number of nitrogens with zero attached hydrogens (tertiary/aromatic N) is 2. The number of amides is 4. The molecule has 0 radical (unpaired) electrons. The van der Waals surface area contributed by atoms with Gasteiger partial charge in [-0.2, -0.15) is 18.3 Å². The molecule has 0 bridgehead atoms. The lowest BCUT2D eigenvalue weighted by atomic mass is 9.99. The molecule has 14 heteroatoms. The molecule has 1 unspecified atom stereocenters. The summed E-state index contributed by atoms with van der Waals surface area (Å²) < 4.78 is 54.5. The largest absolute Gasteiger partial charge is 0.405 e. The first-order valence-electron chi connectivity index (χ1n) is 13.5. The summed E-state index contributed by atoms with van der Waals surface area (Å²) in [7, 11) is 0. The Morgan fingerprint density at radius 2 is 1.74 bits per heavy atom. The predicted molar refractivity (Wildman–Crippen MR) is 144 cm³/mol. The third-order valence-corrected chi connectivity index (χ3v) is 6.82. The molecule has 1 aromatic carbocycles. The minimum Gasteiger partial charge on any atom is -0.345 e. The number of allylic oxidation sites excluding steroid dienone is 1. The molecule has 2 aliphatic carbocycles. The van der Waals surface area contributed by atoms with Crippen LogP contribution in [-0.4, -0.2) is 52.2 Å². The van der Waals surface area contributed by atoms with E-state index in [0.29, 0.717) is 0 Å². The monoisotopic (exact) mass is 592 g/mol. The fraction of sp³-hybridized carbons (Fsp3) is 0.464. The first-order valence-corrected chi connectivity index (χ1v) is 13.5. The number of alkyl halides is 3. The summed E-state index contributed by atoms with van der Waals surface area (Å²) in [6.07, 6.45) is 0.141. The first kappa shape index (κ1) is 30.7. The number of carbonyl (C=O) groups excluding carboxylic acids is 4. The van der Waals surface area contributed by atoms with Crippen LogP contribution in [0.2, 0.25) is 0 Å². The smallest absolute Gasteiger partial charge is 0.345 e. The molecule has 42 heavy (non-hydrogen) atoms. The molecule has 1 heterocycles. The Labute approximate surface area is 239 Å². The lowest BCUT2D eigenvalue weighted by Gasteiger charge is -2.23. The fourth-order valence-corrected chi connectivity index (χ4v) is 4.68. The zero-order valence-electron chi connectivity index (χ0n) is 23.3. The van der Waals surface area contributed by atoms with Crippen molar-refractivity contribution in [3.63, 3.8) is 0 Å². The van der Waals surface area contributed by atoms with E-state index in [9.17, 15) is 32.3 Å². The van der Waals surface area contributed by atoms with Crippen molar-refractivity contribution < 1.29 is 36.7 Å². The summed E-state index contributed by atoms with van der Waals surface area (Å²) >= 11 is 0. The van der Waals surface area contributed by atoms with Gasteiger partial charge in [-0.3, -0.25) is 23.9 Å². The number of anilines is 1.